The Hall–Kier alpha value is -1.24. The molecule has 1 rings (SSSR count). The van der Waals surface area contributed by atoms with E-state index < -0.39 is 17.5 Å². The van der Waals surface area contributed by atoms with Crippen molar-refractivity contribution in [1.82, 2.24) is 5.01 Å². The number of allylic oxidation sites excluding steroid dienone is 5. The lowest BCUT2D eigenvalue weighted by Gasteiger charge is -2.31. The van der Waals surface area contributed by atoms with Crippen molar-refractivity contribution in [3.05, 3.63) is 46.6 Å². The summed E-state index contributed by atoms with van der Waals surface area (Å²) in [5.41, 5.74) is -1.88. The summed E-state index contributed by atoms with van der Waals surface area (Å²) in [5.74, 6) is 4.71. The normalized spacial score (nSPS) is 23.3. The zero-order valence-corrected chi connectivity index (χ0v) is 12.6. The van der Waals surface area contributed by atoms with Gasteiger partial charge >= 0.3 is 6.18 Å². The number of carbonyl (C=O) groups excluding carboxylic acids is 1. The smallest absolute Gasteiger partial charge is 0.266 e. The average molecular weight is 341 g/mol. The molecule has 0 saturated heterocycles. The maximum absolute atomic E-state index is 12.8. The Labute approximate surface area is 130 Å². The predicted octanol–water partition coefficient (Wildman–Crippen LogP) is 3.98. The van der Waals surface area contributed by atoms with Gasteiger partial charge < -0.3 is 0 Å². The first-order valence-electron chi connectivity index (χ1n) is 5.76. The first kappa shape index (κ1) is 17.8. The molecule has 0 aromatic carbocycles. The third-order valence-electron chi connectivity index (χ3n) is 3.08. The minimum absolute atomic E-state index is 0.0994. The lowest BCUT2D eigenvalue weighted by Crippen LogP contribution is -2.39. The second-order valence-corrected chi connectivity index (χ2v) is 5.41. The number of hydrazine groups is 1. The van der Waals surface area contributed by atoms with Crippen molar-refractivity contribution in [2.24, 2.45) is 11.3 Å². The maximum Gasteiger partial charge on any atom is 0.397 e. The van der Waals surface area contributed by atoms with E-state index in [9.17, 15) is 18.0 Å². The summed E-state index contributed by atoms with van der Waals surface area (Å²) in [6.07, 6.45) is -0.264. The Morgan fingerprint density at radius 1 is 1.52 bits per heavy atom. The molecule has 2 N–H and O–H groups in total. The minimum Gasteiger partial charge on any atom is -0.266 e. The van der Waals surface area contributed by atoms with Crippen LogP contribution >= 0.6 is 23.2 Å². The monoisotopic (exact) mass is 340 g/mol. The van der Waals surface area contributed by atoms with Crippen molar-refractivity contribution in [1.29, 1.82) is 0 Å². The number of rotatable bonds is 3. The summed E-state index contributed by atoms with van der Waals surface area (Å²) in [6, 6.07) is 0. The fourth-order valence-corrected chi connectivity index (χ4v) is 1.77. The molecule has 1 aliphatic carbocycles. The van der Waals surface area contributed by atoms with Gasteiger partial charge in [0.25, 0.3) is 5.91 Å². The quantitative estimate of drug-likeness (QED) is 0.278. The van der Waals surface area contributed by atoms with Crippen LogP contribution in [0.1, 0.15) is 13.3 Å². The van der Waals surface area contributed by atoms with Gasteiger partial charge in [-0.05, 0) is 25.5 Å². The number of amides is 1. The Morgan fingerprint density at radius 3 is 2.48 bits per heavy atom. The number of carbonyl (C=O) groups is 1. The van der Waals surface area contributed by atoms with Gasteiger partial charge in [-0.1, -0.05) is 41.9 Å². The number of hydrogen-bond acceptors (Lipinski definition) is 2. The van der Waals surface area contributed by atoms with Gasteiger partial charge in [-0.3, -0.25) is 4.79 Å². The highest BCUT2D eigenvalue weighted by Crippen LogP contribution is 2.44. The van der Waals surface area contributed by atoms with Crippen LogP contribution in [0.2, 0.25) is 0 Å². The third-order valence-corrected chi connectivity index (χ3v) is 3.88. The lowest BCUT2D eigenvalue weighted by molar-refractivity contribution is -0.199. The molecule has 0 spiro atoms. The van der Waals surface area contributed by atoms with E-state index in [0.29, 0.717) is 5.01 Å². The molecule has 1 amide bonds. The summed E-state index contributed by atoms with van der Waals surface area (Å²) < 4.78 is 38.5. The van der Waals surface area contributed by atoms with E-state index in [2.05, 4.69) is 6.58 Å². The maximum atomic E-state index is 12.8. The second kappa shape index (κ2) is 6.25. The summed E-state index contributed by atoms with van der Waals surface area (Å²) >= 11 is 11.3. The largest absolute Gasteiger partial charge is 0.397 e. The molecular weight excluding hydrogens is 328 g/mol. The highest BCUT2D eigenvalue weighted by molar-refractivity contribution is 6.48. The van der Waals surface area contributed by atoms with E-state index in [-0.39, 0.29) is 22.2 Å². The Kier molecular flexibility index (Phi) is 5.30. The number of nitrogens with zero attached hydrogens (tertiary/aromatic N) is 1. The van der Waals surface area contributed by atoms with E-state index in [1.54, 1.807) is 0 Å². The molecule has 1 aliphatic rings. The van der Waals surface area contributed by atoms with Crippen molar-refractivity contribution >= 4 is 29.1 Å². The summed E-state index contributed by atoms with van der Waals surface area (Å²) in [4.78, 5) is 11.9. The van der Waals surface area contributed by atoms with Crippen molar-refractivity contribution in [2.45, 2.75) is 19.5 Å². The zero-order valence-electron chi connectivity index (χ0n) is 11.0. The van der Waals surface area contributed by atoms with E-state index in [1.807, 2.05) is 0 Å². The Morgan fingerprint density at radius 2 is 2.10 bits per heavy atom. The number of halogens is 5. The molecule has 0 saturated carbocycles. The Bertz CT molecular complexity index is 552. The van der Waals surface area contributed by atoms with Crippen molar-refractivity contribution in [2.75, 3.05) is 0 Å². The number of hydrogen-bond donors (Lipinski definition) is 1. The minimum atomic E-state index is -4.39. The van der Waals surface area contributed by atoms with Gasteiger partial charge in [0.2, 0.25) is 0 Å². The van der Waals surface area contributed by atoms with Crippen LogP contribution < -0.4 is 5.84 Å². The lowest BCUT2D eigenvalue weighted by atomic mass is 9.82. The van der Waals surface area contributed by atoms with Gasteiger partial charge in [-0.15, -0.1) is 0 Å². The highest BCUT2D eigenvalue weighted by atomic mass is 35.5. The van der Waals surface area contributed by atoms with E-state index in [0.717, 1.165) is 25.2 Å². The molecule has 0 fully saturated rings. The van der Waals surface area contributed by atoms with Crippen LogP contribution in [0.4, 0.5) is 13.2 Å². The Balaban J connectivity index is 2.95. The van der Waals surface area contributed by atoms with Crippen molar-refractivity contribution in [3.63, 3.8) is 0 Å². The molecule has 116 valence electrons. The van der Waals surface area contributed by atoms with E-state index in [4.69, 9.17) is 29.0 Å². The molecule has 0 heterocycles. The SMILES string of the molecule is C=C/C(Cl)=C(/Cl)C(=O)N(N)C1=CCC(C)(C(F)(F)F)C=C1. The van der Waals surface area contributed by atoms with E-state index in [1.165, 1.54) is 6.08 Å². The molecular formula is C13H13Cl2F3N2O. The van der Waals surface area contributed by atoms with Crippen molar-refractivity contribution < 1.29 is 18.0 Å². The van der Waals surface area contributed by atoms with Gasteiger partial charge in [0.15, 0.2) is 0 Å². The number of nitrogens with two attached hydrogens (primary N) is 1. The van der Waals surface area contributed by atoms with Gasteiger partial charge in [0.1, 0.15) is 5.03 Å². The van der Waals surface area contributed by atoms with Gasteiger partial charge in [-0.2, -0.15) is 13.2 Å². The first-order valence-corrected chi connectivity index (χ1v) is 6.52. The molecule has 0 aromatic heterocycles. The molecule has 1 unspecified atom stereocenters. The van der Waals surface area contributed by atoms with Crippen molar-refractivity contribution in [3.8, 4) is 0 Å². The first-order chi connectivity index (χ1) is 9.53. The van der Waals surface area contributed by atoms with Crippen LogP contribution in [0, 0.1) is 5.41 Å². The fourth-order valence-electron chi connectivity index (χ4n) is 1.53. The second-order valence-electron chi connectivity index (χ2n) is 4.62. The topological polar surface area (TPSA) is 46.3 Å². The van der Waals surface area contributed by atoms with Crippen LogP contribution in [-0.4, -0.2) is 17.1 Å². The molecule has 0 bridgehead atoms. The van der Waals surface area contributed by atoms with Gasteiger partial charge in [0.05, 0.1) is 16.1 Å². The predicted molar refractivity (Wildman–Crippen MR) is 76.0 cm³/mol. The molecule has 8 heteroatoms. The highest BCUT2D eigenvalue weighted by Gasteiger charge is 2.49. The molecule has 0 aliphatic heterocycles. The molecule has 0 aromatic rings. The summed E-state index contributed by atoms with van der Waals surface area (Å²) in [7, 11) is 0. The third kappa shape index (κ3) is 3.70. The fraction of sp³-hybridized carbons (Fsp3) is 0.308. The van der Waals surface area contributed by atoms with Crippen LogP contribution in [0.3, 0.4) is 0 Å². The number of alkyl halides is 3. The summed E-state index contributed by atoms with van der Waals surface area (Å²) in [5, 5.41) is 0.172. The summed E-state index contributed by atoms with van der Waals surface area (Å²) in [6.45, 7) is 4.40. The van der Waals surface area contributed by atoms with Crippen LogP contribution in [0.15, 0.2) is 46.6 Å². The molecule has 21 heavy (non-hydrogen) atoms. The standard InChI is InChI=1S/C13H13Cl2F3N2O/c1-3-9(14)10(15)11(21)20(19)8-4-6-12(2,7-5-8)13(16,17)18/h3-6H,1,7,19H2,2H3/b10-9-. The van der Waals surface area contributed by atoms with Crippen LogP contribution in [0.5, 0.6) is 0 Å². The van der Waals surface area contributed by atoms with Crippen LogP contribution in [-0.2, 0) is 4.79 Å². The zero-order chi connectivity index (χ0) is 16.4. The van der Waals surface area contributed by atoms with E-state index >= 15 is 0 Å². The molecule has 3 nitrogen and oxygen atoms in total. The van der Waals surface area contributed by atoms with Crippen LogP contribution in [0.25, 0.3) is 0 Å². The van der Waals surface area contributed by atoms with Gasteiger partial charge in [0, 0.05) is 0 Å². The average Bonchev–Trinajstić information content (AvgIpc) is 2.43. The molecule has 1 atom stereocenters. The molecule has 0 radical (unpaired) electrons. The van der Waals surface area contributed by atoms with Gasteiger partial charge in [-0.25, -0.2) is 10.9 Å².